The number of nitrogens with zero attached hydrogens (tertiary/aromatic N) is 1. The third-order valence-corrected chi connectivity index (χ3v) is 3.72. The molecule has 0 aliphatic heterocycles. The quantitative estimate of drug-likeness (QED) is 0.833. The van der Waals surface area contributed by atoms with E-state index in [1.54, 1.807) is 0 Å². The van der Waals surface area contributed by atoms with Crippen LogP contribution in [0.4, 0.5) is 5.69 Å². The molecule has 0 unspecified atom stereocenters. The maximum atomic E-state index is 8.85. The van der Waals surface area contributed by atoms with E-state index in [2.05, 4.69) is 24.4 Å². The second kappa shape index (κ2) is 4.17. The molecule has 1 aromatic carbocycles. The van der Waals surface area contributed by atoms with Crippen molar-refractivity contribution in [2.75, 3.05) is 11.9 Å². The Morgan fingerprint density at radius 2 is 2.19 bits per heavy atom. The number of hydrogen-bond donors (Lipinski definition) is 1. The van der Waals surface area contributed by atoms with Gasteiger partial charge in [-0.2, -0.15) is 5.26 Å². The van der Waals surface area contributed by atoms with E-state index in [1.165, 1.54) is 19.3 Å². The standard InChI is InChI=1S/C14H18N2/c1-3-14(6-7-14)10-16-13-5-4-12(9-15)11(2)8-13/h4-5,8,16H,3,6-7,10H2,1-2H3. The molecule has 0 atom stereocenters. The van der Waals surface area contributed by atoms with Gasteiger partial charge in [0, 0.05) is 12.2 Å². The van der Waals surface area contributed by atoms with Crippen molar-refractivity contribution < 1.29 is 0 Å². The van der Waals surface area contributed by atoms with E-state index in [-0.39, 0.29) is 0 Å². The first kappa shape index (κ1) is 11.0. The van der Waals surface area contributed by atoms with Gasteiger partial charge in [0.25, 0.3) is 0 Å². The van der Waals surface area contributed by atoms with E-state index in [0.29, 0.717) is 5.41 Å². The highest BCUT2D eigenvalue weighted by Gasteiger charge is 2.40. The lowest BCUT2D eigenvalue weighted by molar-refractivity contribution is 0.521. The third kappa shape index (κ3) is 2.19. The van der Waals surface area contributed by atoms with Gasteiger partial charge in [-0.1, -0.05) is 6.92 Å². The fourth-order valence-electron chi connectivity index (χ4n) is 2.02. The fourth-order valence-corrected chi connectivity index (χ4v) is 2.02. The van der Waals surface area contributed by atoms with Crippen LogP contribution in [-0.2, 0) is 0 Å². The lowest BCUT2D eigenvalue weighted by Crippen LogP contribution is -2.14. The van der Waals surface area contributed by atoms with Crippen molar-refractivity contribution in [3.63, 3.8) is 0 Å². The Morgan fingerprint density at radius 1 is 1.44 bits per heavy atom. The summed E-state index contributed by atoms with van der Waals surface area (Å²) in [5.41, 5.74) is 3.51. The van der Waals surface area contributed by atoms with Gasteiger partial charge in [-0.3, -0.25) is 0 Å². The second-order valence-corrected chi connectivity index (χ2v) is 4.85. The van der Waals surface area contributed by atoms with E-state index in [1.807, 2.05) is 19.1 Å². The van der Waals surface area contributed by atoms with E-state index in [4.69, 9.17) is 5.26 Å². The zero-order valence-corrected chi connectivity index (χ0v) is 10.0. The van der Waals surface area contributed by atoms with Crippen LogP contribution in [0.2, 0.25) is 0 Å². The molecule has 0 spiro atoms. The molecule has 1 saturated carbocycles. The highest BCUT2D eigenvalue weighted by molar-refractivity contribution is 5.51. The molecule has 1 aliphatic carbocycles. The van der Waals surface area contributed by atoms with Crippen LogP contribution >= 0.6 is 0 Å². The molecule has 0 heterocycles. The smallest absolute Gasteiger partial charge is 0.0994 e. The summed E-state index contributed by atoms with van der Waals surface area (Å²) in [4.78, 5) is 0. The first-order chi connectivity index (χ1) is 7.69. The van der Waals surface area contributed by atoms with E-state index in [0.717, 1.165) is 23.4 Å². The number of aryl methyl sites for hydroxylation is 1. The van der Waals surface area contributed by atoms with Gasteiger partial charge in [-0.25, -0.2) is 0 Å². The summed E-state index contributed by atoms with van der Waals surface area (Å²) >= 11 is 0. The predicted molar refractivity (Wildman–Crippen MR) is 66.3 cm³/mol. The number of nitriles is 1. The summed E-state index contributed by atoms with van der Waals surface area (Å²) in [6.45, 7) is 5.31. The molecule has 2 heteroatoms. The van der Waals surface area contributed by atoms with Crippen LogP contribution in [0.3, 0.4) is 0 Å². The molecule has 1 aromatic rings. The molecule has 0 saturated heterocycles. The molecule has 2 rings (SSSR count). The Morgan fingerprint density at radius 3 is 2.69 bits per heavy atom. The maximum absolute atomic E-state index is 8.85. The van der Waals surface area contributed by atoms with Gasteiger partial charge in [0.1, 0.15) is 0 Å². The summed E-state index contributed by atoms with van der Waals surface area (Å²) in [7, 11) is 0. The van der Waals surface area contributed by atoms with Crippen molar-refractivity contribution in [1.82, 2.24) is 0 Å². The van der Waals surface area contributed by atoms with Crippen LogP contribution in [0.25, 0.3) is 0 Å². The average molecular weight is 214 g/mol. The van der Waals surface area contributed by atoms with Gasteiger partial charge >= 0.3 is 0 Å². The lowest BCUT2D eigenvalue weighted by Gasteiger charge is -2.15. The SMILES string of the molecule is CCC1(CNc2ccc(C#N)c(C)c2)CC1. The Bertz CT molecular complexity index is 425. The molecular weight excluding hydrogens is 196 g/mol. The predicted octanol–water partition coefficient (Wildman–Crippen LogP) is 3.47. The van der Waals surface area contributed by atoms with Gasteiger partial charge in [0.15, 0.2) is 0 Å². The molecule has 0 amide bonds. The molecular formula is C14H18N2. The van der Waals surface area contributed by atoms with Crippen LogP contribution in [-0.4, -0.2) is 6.54 Å². The molecule has 0 aromatic heterocycles. The number of rotatable bonds is 4. The van der Waals surface area contributed by atoms with Gasteiger partial charge in [0.2, 0.25) is 0 Å². The zero-order chi connectivity index (χ0) is 11.6. The number of nitrogens with one attached hydrogen (secondary N) is 1. The van der Waals surface area contributed by atoms with Crippen molar-refractivity contribution >= 4 is 5.69 Å². The molecule has 84 valence electrons. The highest BCUT2D eigenvalue weighted by atomic mass is 14.9. The van der Waals surface area contributed by atoms with E-state index in [9.17, 15) is 0 Å². The van der Waals surface area contributed by atoms with Crippen molar-refractivity contribution in [2.24, 2.45) is 5.41 Å². The van der Waals surface area contributed by atoms with Crippen molar-refractivity contribution in [1.29, 1.82) is 5.26 Å². The Hall–Kier alpha value is -1.49. The number of benzene rings is 1. The first-order valence-corrected chi connectivity index (χ1v) is 5.94. The molecule has 1 aliphatic rings. The second-order valence-electron chi connectivity index (χ2n) is 4.85. The summed E-state index contributed by atoms with van der Waals surface area (Å²) in [5, 5.41) is 12.3. The number of hydrogen-bond acceptors (Lipinski definition) is 2. The van der Waals surface area contributed by atoms with Gasteiger partial charge < -0.3 is 5.32 Å². The van der Waals surface area contributed by atoms with Gasteiger partial charge in [0.05, 0.1) is 11.6 Å². The molecule has 1 N–H and O–H groups in total. The molecule has 2 nitrogen and oxygen atoms in total. The Kier molecular flexibility index (Phi) is 2.87. The van der Waals surface area contributed by atoms with Crippen molar-refractivity contribution in [2.45, 2.75) is 33.1 Å². The average Bonchev–Trinajstić information content (AvgIpc) is 3.07. The first-order valence-electron chi connectivity index (χ1n) is 5.94. The molecule has 0 bridgehead atoms. The van der Waals surface area contributed by atoms with E-state index < -0.39 is 0 Å². The monoisotopic (exact) mass is 214 g/mol. The van der Waals surface area contributed by atoms with Crippen LogP contribution in [0, 0.1) is 23.7 Å². The summed E-state index contributed by atoms with van der Waals surface area (Å²) < 4.78 is 0. The van der Waals surface area contributed by atoms with Crippen LogP contribution in [0.15, 0.2) is 18.2 Å². The van der Waals surface area contributed by atoms with Crippen LogP contribution in [0.1, 0.15) is 37.3 Å². The normalized spacial score (nSPS) is 16.6. The van der Waals surface area contributed by atoms with Gasteiger partial charge in [-0.15, -0.1) is 0 Å². The zero-order valence-electron chi connectivity index (χ0n) is 10.0. The fraction of sp³-hybridized carbons (Fsp3) is 0.500. The highest BCUT2D eigenvalue weighted by Crippen LogP contribution is 2.48. The minimum Gasteiger partial charge on any atom is -0.384 e. The van der Waals surface area contributed by atoms with Gasteiger partial charge in [-0.05, 0) is 55.4 Å². The Labute approximate surface area is 97.3 Å². The Balaban J connectivity index is 2.00. The van der Waals surface area contributed by atoms with Crippen molar-refractivity contribution in [3.05, 3.63) is 29.3 Å². The molecule has 0 radical (unpaired) electrons. The van der Waals surface area contributed by atoms with Crippen molar-refractivity contribution in [3.8, 4) is 6.07 Å². The minimum absolute atomic E-state index is 0.557. The third-order valence-electron chi connectivity index (χ3n) is 3.72. The summed E-state index contributed by atoms with van der Waals surface area (Å²) in [6, 6.07) is 8.14. The lowest BCUT2D eigenvalue weighted by atomic mass is 10.0. The molecule has 1 fully saturated rings. The number of anilines is 1. The largest absolute Gasteiger partial charge is 0.384 e. The maximum Gasteiger partial charge on any atom is 0.0994 e. The van der Waals surface area contributed by atoms with Crippen LogP contribution in [0.5, 0.6) is 0 Å². The summed E-state index contributed by atoms with van der Waals surface area (Å²) in [6.07, 6.45) is 3.97. The van der Waals surface area contributed by atoms with Crippen LogP contribution < -0.4 is 5.32 Å². The minimum atomic E-state index is 0.557. The summed E-state index contributed by atoms with van der Waals surface area (Å²) in [5.74, 6) is 0. The molecule has 16 heavy (non-hydrogen) atoms. The van der Waals surface area contributed by atoms with E-state index >= 15 is 0 Å². The topological polar surface area (TPSA) is 35.8 Å².